The summed E-state index contributed by atoms with van der Waals surface area (Å²) in [6.45, 7) is 0. The van der Waals surface area contributed by atoms with Gasteiger partial charge in [-0.15, -0.1) is 12.4 Å². The molecule has 0 spiro atoms. The first-order valence-electron chi connectivity index (χ1n) is 1.46. The monoisotopic (exact) mass is 298 g/mol. The van der Waals surface area contributed by atoms with Crippen LogP contribution in [0.1, 0.15) is 0 Å². The summed E-state index contributed by atoms with van der Waals surface area (Å²) in [5.41, 5.74) is 0. The molecule has 0 rings (SSSR count). The van der Waals surface area contributed by atoms with E-state index in [0.29, 0.717) is 0 Å². The molecule has 0 aromatic carbocycles. The van der Waals surface area contributed by atoms with Gasteiger partial charge in [-0.05, 0) is 0 Å². The Balaban J connectivity index is -0.0000000178. The molecule has 0 saturated carbocycles. The van der Waals surface area contributed by atoms with Crippen LogP contribution in [0.3, 0.4) is 0 Å². The van der Waals surface area contributed by atoms with E-state index in [1.807, 2.05) is 0 Å². The molecule has 8 nitrogen and oxygen atoms in total. The van der Waals surface area contributed by atoms with Crippen molar-refractivity contribution in [2.75, 3.05) is 0 Å². The van der Waals surface area contributed by atoms with Crippen LogP contribution < -0.4 is 29.4 Å². The Morgan fingerprint density at radius 2 is 0.571 bits per heavy atom. The predicted octanol–water partition coefficient (Wildman–Crippen LogP) is -6.37. The standard InChI is InChI=1S/ClH.3Mg.2H3O4P/c;;;;2*1-5(2,3)4/h1H;;;;2*(H3,1,2,3,4)/q;3*+2;;/p-6. The molecular formula is HClMg3O8P2. The van der Waals surface area contributed by atoms with E-state index in [-0.39, 0.29) is 81.6 Å². The van der Waals surface area contributed by atoms with Crippen molar-refractivity contribution in [3.05, 3.63) is 0 Å². The van der Waals surface area contributed by atoms with Crippen LogP contribution in [0.2, 0.25) is 0 Å². The van der Waals surface area contributed by atoms with Crippen molar-refractivity contribution in [1.82, 2.24) is 0 Å². The molecule has 0 aliphatic rings. The summed E-state index contributed by atoms with van der Waals surface area (Å²) in [6.07, 6.45) is 0. The van der Waals surface area contributed by atoms with Crippen LogP contribution in [-0.4, -0.2) is 69.2 Å². The second kappa shape index (κ2) is 15.8. The third-order valence-electron chi connectivity index (χ3n) is 0. The van der Waals surface area contributed by atoms with Crippen molar-refractivity contribution in [1.29, 1.82) is 0 Å². The van der Waals surface area contributed by atoms with E-state index in [1.165, 1.54) is 0 Å². The SMILES string of the molecule is Cl.O=P([O-])([O-])[O-].O=P([O-])([O-])[O-].[Mg+2].[Mg+2].[Mg+2]. The third-order valence-corrected chi connectivity index (χ3v) is 0. The smallest absolute Gasteiger partial charge is 0.822 e. The van der Waals surface area contributed by atoms with Gasteiger partial charge < -0.3 is 38.5 Å². The summed E-state index contributed by atoms with van der Waals surface area (Å²) in [7, 11) is -10.8. The summed E-state index contributed by atoms with van der Waals surface area (Å²) in [4.78, 5) is 51.3. The molecule has 0 bridgehead atoms. The quantitative estimate of drug-likeness (QED) is 0.313. The van der Waals surface area contributed by atoms with Gasteiger partial charge in [0, 0.05) is 0 Å². The zero-order chi connectivity index (χ0) is 9.00. The van der Waals surface area contributed by atoms with Gasteiger partial charge in [0.25, 0.3) is 0 Å². The third kappa shape index (κ3) is 358. The van der Waals surface area contributed by atoms with Crippen molar-refractivity contribution >= 4 is 97.2 Å². The second-order valence-electron chi connectivity index (χ2n) is 0.894. The topological polar surface area (TPSA) is 172 Å². The molecule has 0 saturated heterocycles. The number of halogens is 1. The van der Waals surface area contributed by atoms with E-state index in [0.717, 1.165) is 0 Å². The molecule has 14 heavy (non-hydrogen) atoms. The Hall–Kier alpha value is 2.81. The Morgan fingerprint density at radius 1 is 0.571 bits per heavy atom. The fraction of sp³-hybridized carbons (Fsp3) is 0. The minimum atomic E-state index is -5.39. The van der Waals surface area contributed by atoms with Crippen molar-refractivity contribution < 1.29 is 38.5 Å². The van der Waals surface area contributed by atoms with Crippen LogP contribution in [0.4, 0.5) is 0 Å². The maximum absolute atomic E-state index is 8.55. The Labute approximate surface area is 134 Å². The van der Waals surface area contributed by atoms with Gasteiger partial charge in [0.1, 0.15) is 0 Å². The van der Waals surface area contributed by atoms with Crippen molar-refractivity contribution in [3.63, 3.8) is 0 Å². The van der Waals surface area contributed by atoms with Crippen LogP contribution in [0, 0.1) is 0 Å². The van der Waals surface area contributed by atoms with Gasteiger partial charge in [-0.3, -0.25) is 0 Å². The number of rotatable bonds is 0. The summed E-state index contributed by atoms with van der Waals surface area (Å²) in [5.74, 6) is 0. The first-order valence-corrected chi connectivity index (χ1v) is 4.38. The number of phosphoric acid groups is 2. The van der Waals surface area contributed by atoms with E-state index < -0.39 is 15.6 Å². The first-order chi connectivity index (χ1) is 4.00. The van der Waals surface area contributed by atoms with Crippen LogP contribution in [-0.2, 0) is 9.13 Å². The van der Waals surface area contributed by atoms with Gasteiger partial charge in [-0.2, -0.15) is 15.6 Å². The predicted molar refractivity (Wildman–Crippen MR) is 39.7 cm³/mol. The molecule has 0 fully saturated rings. The van der Waals surface area contributed by atoms with Crippen LogP contribution in [0.15, 0.2) is 0 Å². The van der Waals surface area contributed by atoms with Gasteiger partial charge in [-0.25, -0.2) is 0 Å². The number of hydrogen-bond acceptors (Lipinski definition) is 8. The van der Waals surface area contributed by atoms with Gasteiger partial charge in [0.05, 0.1) is 0 Å². The van der Waals surface area contributed by atoms with Gasteiger partial charge in [-0.1, -0.05) is 0 Å². The zero-order valence-corrected chi connectivity index (χ0v) is 13.5. The van der Waals surface area contributed by atoms with Crippen molar-refractivity contribution in [2.45, 2.75) is 0 Å². The molecule has 0 N–H and O–H groups in total. The van der Waals surface area contributed by atoms with Crippen LogP contribution in [0.5, 0.6) is 0 Å². The molecule has 0 radical (unpaired) electrons. The van der Waals surface area contributed by atoms with Gasteiger partial charge in [0.2, 0.25) is 0 Å². The molecule has 0 aromatic rings. The van der Waals surface area contributed by atoms with Crippen LogP contribution in [0.25, 0.3) is 0 Å². The maximum Gasteiger partial charge on any atom is 2.00 e. The largest absolute Gasteiger partial charge is 2.00 e. The Kier molecular flexibility index (Phi) is 40.6. The average molecular weight is 299 g/mol. The van der Waals surface area contributed by atoms with Crippen LogP contribution >= 0.6 is 28.1 Å². The van der Waals surface area contributed by atoms with E-state index in [2.05, 4.69) is 0 Å². The average Bonchev–Trinajstić information content (AvgIpc) is 1.12. The normalized spacial score (nSPS) is 8.43. The maximum atomic E-state index is 8.55. The van der Waals surface area contributed by atoms with Gasteiger partial charge in [0.15, 0.2) is 0 Å². The molecule has 0 heterocycles. The number of hydrogen-bond donors (Lipinski definition) is 0. The van der Waals surface area contributed by atoms with E-state index in [4.69, 9.17) is 38.5 Å². The fourth-order valence-electron chi connectivity index (χ4n) is 0. The Bertz CT molecular complexity index is 135. The fourth-order valence-corrected chi connectivity index (χ4v) is 0. The second-order valence-corrected chi connectivity index (χ2v) is 2.68. The Morgan fingerprint density at radius 3 is 0.571 bits per heavy atom. The summed E-state index contributed by atoms with van der Waals surface area (Å²) < 4.78 is 17.1. The first kappa shape index (κ1) is 36.0. The summed E-state index contributed by atoms with van der Waals surface area (Å²) in [6, 6.07) is 0. The molecule has 0 unspecified atom stereocenters. The van der Waals surface area contributed by atoms with Gasteiger partial charge >= 0.3 is 69.2 Å². The minimum absolute atomic E-state index is 0. The molecule has 0 aliphatic carbocycles. The molecule has 0 aliphatic heterocycles. The molecule has 0 atom stereocenters. The molecule has 0 amide bonds. The van der Waals surface area contributed by atoms with E-state index in [1.54, 1.807) is 0 Å². The molecule has 72 valence electrons. The molecule has 0 aromatic heterocycles. The molecular weight excluding hydrogens is 298 g/mol. The summed E-state index contributed by atoms with van der Waals surface area (Å²) >= 11 is 0. The zero-order valence-electron chi connectivity index (χ0n) is 6.69. The molecule has 14 heteroatoms. The van der Waals surface area contributed by atoms with E-state index in [9.17, 15) is 0 Å². The van der Waals surface area contributed by atoms with Crippen molar-refractivity contribution in [2.24, 2.45) is 0 Å². The van der Waals surface area contributed by atoms with Crippen molar-refractivity contribution in [3.8, 4) is 0 Å². The minimum Gasteiger partial charge on any atom is -0.822 e. The summed E-state index contributed by atoms with van der Waals surface area (Å²) in [5, 5.41) is 0. The van der Waals surface area contributed by atoms with E-state index >= 15 is 0 Å².